The Labute approximate surface area is 164 Å². The van der Waals surface area contributed by atoms with Crippen LogP contribution in [0.2, 0.25) is 0 Å². The Morgan fingerprint density at radius 2 is 1.61 bits per heavy atom. The lowest BCUT2D eigenvalue weighted by Gasteiger charge is -2.22. The molecular formula is C21H24N2O5. The van der Waals surface area contributed by atoms with Crippen molar-refractivity contribution in [1.82, 2.24) is 5.43 Å². The molecule has 2 aromatic rings. The number of carboxylic acid groups (broad SMARTS) is 1. The van der Waals surface area contributed by atoms with Crippen molar-refractivity contribution in [2.24, 2.45) is 5.10 Å². The number of para-hydroxylation sites is 2. The molecule has 0 heterocycles. The molecule has 0 saturated carbocycles. The van der Waals surface area contributed by atoms with Crippen LogP contribution in [0.15, 0.2) is 53.6 Å². The molecule has 7 nitrogen and oxygen atoms in total. The third-order valence-corrected chi connectivity index (χ3v) is 3.72. The summed E-state index contributed by atoms with van der Waals surface area (Å²) in [7, 11) is 0. The van der Waals surface area contributed by atoms with E-state index in [-0.39, 0.29) is 12.0 Å². The lowest BCUT2D eigenvalue weighted by Crippen LogP contribution is -2.25. The van der Waals surface area contributed by atoms with Crippen molar-refractivity contribution in [2.75, 3.05) is 13.2 Å². The number of rotatable bonds is 8. The molecule has 0 atom stereocenters. The molecule has 0 aromatic heterocycles. The van der Waals surface area contributed by atoms with Crippen LogP contribution in [0.3, 0.4) is 0 Å². The molecule has 0 radical (unpaired) electrons. The van der Waals surface area contributed by atoms with Crippen molar-refractivity contribution < 1.29 is 24.2 Å². The summed E-state index contributed by atoms with van der Waals surface area (Å²) < 4.78 is 10.8. The Kier molecular flexibility index (Phi) is 7.14. The number of carbonyl (C=O) groups is 2. The maximum atomic E-state index is 12.0. The van der Waals surface area contributed by atoms with Crippen molar-refractivity contribution in [3.63, 3.8) is 0 Å². The average molecular weight is 384 g/mol. The largest absolute Gasteiger partial charge is 0.483 e. The number of amides is 1. The van der Waals surface area contributed by atoms with E-state index in [1.807, 2.05) is 24.3 Å². The van der Waals surface area contributed by atoms with Gasteiger partial charge in [-0.2, -0.15) is 5.10 Å². The number of hydrogen-bond donors (Lipinski definition) is 2. The predicted molar refractivity (Wildman–Crippen MR) is 106 cm³/mol. The van der Waals surface area contributed by atoms with E-state index in [9.17, 15) is 9.59 Å². The zero-order chi connectivity index (χ0) is 20.6. The molecule has 0 fully saturated rings. The zero-order valence-corrected chi connectivity index (χ0v) is 16.1. The van der Waals surface area contributed by atoms with E-state index in [1.165, 1.54) is 6.21 Å². The number of ether oxygens (including phenoxy) is 2. The highest BCUT2D eigenvalue weighted by Crippen LogP contribution is 2.30. The second-order valence-corrected chi connectivity index (χ2v) is 7.05. The van der Waals surface area contributed by atoms with Gasteiger partial charge in [-0.05, 0) is 29.2 Å². The van der Waals surface area contributed by atoms with Crippen molar-refractivity contribution in [2.45, 2.75) is 26.2 Å². The molecule has 2 N–H and O–H groups in total. The first kappa shape index (κ1) is 21.0. The standard InChI is InChI=1S/C21H24N2O5/c1-21(2,3)16-9-5-7-11-18(16)27-13-19(24)23-22-12-15-8-4-6-10-17(15)28-14-20(25)26/h4-12H,13-14H2,1-3H3,(H,23,24)(H,25,26). The third-order valence-electron chi connectivity index (χ3n) is 3.72. The normalized spacial score (nSPS) is 11.2. The lowest BCUT2D eigenvalue weighted by molar-refractivity contribution is -0.139. The maximum absolute atomic E-state index is 12.0. The molecular weight excluding hydrogens is 360 g/mol. The third kappa shape index (κ3) is 6.42. The molecule has 0 spiro atoms. The topological polar surface area (TPSA) is 97.2 Å². The van der Waals surface area contributed by atoms with Gasteiger partial charge in [-0.1, -0.05) is 51.1 Å². The number of carbonyl (C=O) groups excluding carboxylic acids is 1. The minimum Gasteiger partial charge on any atom is -0.483 e. The van der Waals surface area contributed by atoms with Crippen molar-refractivity contribution in [1.29, 1.82) is 0 Å². The first-order valence-corrected chi connectivity index (χ1v) is 8.75. The van der Waals surface area contributed by atoms with E-state index >= 15 is 0 Å². The van der Waals surface area contributed by atoms with Crippen LogP contribution in [-0.4, -0.2) is 36.4 Å². The van der Waals surface area contributed by atoms with Crippen LogP contribution in [0.5, 0.6) is 11.5 Å². The molecule has 0 bridgehead atoms. The molecule has 1 amide bonds. The zero-order valence-electron chi connectivity index (χ0n) is 16.1. The molecule has 2 aromatic carbocycles. The summed E-state index contributed by atoms with van der Waals surface area (Å²) in [4.78, 5) is 22.6. The second-order valence-electron chi connectivity index (χ2n) is 7.05. The number of hydrazone groups is 1. The lowest BCUT2D eigenvalue weighted by atomic mass is 9.86. The van der Waals surface area contributed by atoms with E-state index in [0.29, 0.717) is 17.1 Å². The fourth-order valence-electron chi connectivity index (χ4n) is 2.42. The Morgan fingerprint density at radius 3 is 2.29 bits per heavy atom. The SMILES string of the molecule is CC(C)(C)c1ccccc1OCC(=O)NN=Cc1ccccc1OCC(=O)O. The van der Waals surface area contributed by atoms with Gasteiger partial charge in [0.2, 0.25) is 0 Å². The van der Waals surface area contributed by atoms with Crippen LogP contribution in [0.25, 0.3) is 0 Å². The molecule has 2 rings (SSSR count). The minimum absolute atomic E-state index is 0.106. The minimum atomic E-state index is -1.08. The summed E-state index contributed by atoms with van der Waals surface area (Å²) in [5, 5.41) is 12.6. The van der Waals surface area contributed by atoms with Gasteiger partial charge in [-0.3, -0.25) is 4.79 Å². The Hall–Kier alpha value is -3.35. The van der Waals surface area contributed by atoms with Crippen LogP contribution >= 0.6 is 0 Å². The summed E-state index contributed by atoms with van der Waals surface area (Å²) in [6.07, 6.45) is 1.39. The van der Waals surface area contributed by atoms with Gasteiger partial charge in [0, 0.05) is 5.56 Å². The number of carboxylic acids is 1. The quantitative estimate of drug-likeness (QED) is 0.539. The van der Waals surface area contributed by atoms with E-state index < -0.39 is 18.5 Å². The molecule has 0 aliphatic rings. The van der Waals surface area contributed by atoms with E-state index in [1.54, 1.807) is 24.3 Å². The van der Waals surface area contributed by atoms with E-state index in [0.717, 1.165) is 5.56 Å². The van der Waals surface area contributed by atoms with Gasteiger partial charge >= 0.3 is 5.97 Å². The van der Waals surface area contributed by atoms with Gasteiger partial charge in [-0.25, -0.2) is 10.2 Å². The average Bonchev–Trinajstić information content (AvgIpc) is 2.65. The molecule has 0 aliphatic heterocycles. The molecule has 0 saturated heterocycles. The Bertz CT molecular complexity index is 856. The molecule has 0 aliphatic carbocycles. The van der Waals surface area contributed by atoms with Crippen LogP contribution < -0.4 is 14.9 Å². The van der Waals surface area contributed by atoms with Gasteiger partial charge < -0.3 is 14.6 Å². The highest BCUT2D eigenvalue weighted by Gasteiger charge is 2.18. The van der Waals surface area contributed by atoms with Gasteiger partial charge in [0.1, 0.15) is 11.5 Å². The number of benzene rings is 2. The highest BCUT2D eigenvalue weighted by atomic mass is 16.5. The Morgan fingerprint density at radius 1 is 1.00 bits per heavy atom. The van der Waals surface area contributed by atoms with E-state index in [4.69, 9.17) is 14.6 Å². The summed E-state index contributed by atoms with van der Waals surface area (Å²) in [6, 6.07) is 14.4. The summed E-state index contributed by atoms with van der Waals surface area (Å²) in [5.41, 5.74) is 3.83. The number of nitrogens with zero attached hydrogens (tertiary/aromatic N) is 1. The van der Waals surface area contributed by atoms with Crippen LogP contribution in [0.1, 0.15) is 31.9 Å². The maximum Gasteiger partial charge on any atom is 0.341 e. The predicted octanol–water partition coefficient (Wildman–Crippen LogP) is 2.98. The number of aliphatic carboxylic acids is 1. The van der Waals surface area contributed by atoms with Gasteiger partial charge in [0.25, 0.3) is 5.91 Å². The second kappa shape index (κ2) is 9.55. The van der Waals surface area contributed by atoms with Crippen molar-refractivity contribution >= 4 is 18.1 Å². The first-order valence-electron chi connectivity index (χ1n) is 8.75. The van der Waals surface area contributed by atoms with E-state index in [2.05, 4.69) is 31.3 Å². The summed E-state index contributed by atoms with van der Waals surface area (Å²) in [6.45, 7) is 5.58. The molecule has 148 valence electrons. The molecule has 0 unspecified atom stereocenters. The van der Waals surface area contributed by atoms with Crippen molar-refractivity contribution in [3.8, 4) is 11.5 Å². The van der Waals surface area contributed by atoms with Gasteiger partial charge in [-0.15, -0.1) is 0 Å². The molecule has 7 heteroatoms. The van der Waals surface area contributed by atoms with Gasteiger partial charge in [0.05, 0.1) is 6.21 Å². The van der Waals surface area contributed by atoms with Crippen molar-refractivity contribution in [3.05, 3.63) is 59.7 Å². The van der Waals surface area contributed by atoms with Crippen LogP contribution in [-0.2, 0) is 15.0 Å². The monoisotopic (exact) mass is 384 g/mol. The smallest absolute Gasteiger partial charge is 0.341 e. The fourth-order valence-corrected chi connectivity index (χ4v) is 2.42. The van der Waals surface area contributed by atoms with Crippen LogP contribution in [0.4, 0.5) is 0 Å². The first-order chi connectivity index (χ1) is 13.3. The van der Waals surface area contributed by atoms with Crippen LogP contribution in [0, 0.1) is 0 Å². The number of nitrogens with one attached hydrogen (secondary N) is 1. The number of hydrogen-bond acceptors (Lipinski definition) is 5. The summed E-state index contributed by atoms with van der Waals surface area (Å²) >= 11 is 0. The summed E-state index contributed by atoms with van der Waals surface area (Å²) in [5.74, 6) is -0.476. The Balaban J connectivity index is 1.93. The highest BCUT2D eigenvalue weighted by molar-refractivity contribution is 5.85. The fraction of sp³-hybridized carbons (Fsp3) is 0.286. The van der Waals surface area contributed by atoms with Gasteiger partial charge in [0.15, 0.2) is 13.2 Å². The molecule has 28 heavy (non-hydrogen) atoms.